The van der Waals surface area contributed by atoms with E-state index in [2.05, 4.69) is 25.7 Å². The Balaban J connectivity index is 1.49. The van der Waals surface area contributed by atoms with E-state index in [1.807, 2.05) is 0 Å². The van der Waals surface area contributed by atoms with Crippen molar-refractivity contribution in [2.75, 3.05) is 45.0 Å². The molecule has 0 aromatic carbocycles. The molecule has 1 unspecified atom stereocenters. The molecule has 0 radical (unpaired) electrons. The Bertz CT molecular complexity index is 748. The standard InChI is InChI=1S/C20H35N5O3S/c26-29(27,16-17-6-2-1-3-7-17)20(9-4-5-10-22-20)19-23-18(28-24-19)8-13-25-14-11-21-12-15-25/h17,21-22H,1-16H2. The smallest absolute Gasteiger partial charge is 0.228 e. The number of hydrogen-bond donors (Lipinski definition) is 2. The van der Waals surface area contributed by atoms with E-state index in [0.29, 0.717) is 31.1 Å². The van der Waals surface area contributed by atoms with E-state index < -0.39 is 14.7 Å². The summed E-state index contributed by atoms with van der Waals surface area (Å²) < 4.78 is 32.7. The largest absolute Gasteiger partial charge is 0.339 e. The second-order valence-electron chi connectivity index (χ2n) is 8.85. The Kier molecular flexibility index (Phi) is 6.88. The van der Waals surface area contributed by atoms with Gasteiger partial charge in [-0.3, -0.25) is 5.32 Å². The Morgan fingerprint density at radius 2 is 1.86 bits per heavy atom. The van der Waals surface area contributed by atoms with E-state index in [1.54, 1.807) is 0 Å². The molecule has 0 bridgehead atoms. The first-order chi connectivity index (χ1) is 14.1. The van der Waals surface area contributed by atoms with Crippen molar-refractivity contribution in [2.24, 2.45) is 5.92 Å². The van der Waals surface area contributed by atoms with Crippen LogP contribution in [-0.2, 0) is 21.1 Å². The highest BCUT2D eigenvalue weighted by Gasteiger charge is 2.50. The van der Waals surface area contributed by atoms with E-state index in [1.165, 1.54) is 6.42 Å². The molecule has 164 valence electrons. The average molecular weight is 426 g/mol. The van der Waals surface area contributed by atoms with Crippen LogP contribution in [0.1, 0.15) is 63.1 Å². The molecule has 9 heteroatoms. The third kappa shape index (κ3) is 4.84. The summed E-state index contributed by atoms with van der Waals surface area (Å²) in [7, 11) is -3.43. The van der Waals surface area contributed by atoms with Crippen LogP contribution in [0.4, 0.5) is 0 Å². The summed E-state index contributed by atoms with van der Waals surface area (Å²) in [5.41, 5.74) is 0. The molecule has 1 atom stereocenters. The zero-order valence-electron chi connectivity index (χ0n) is 17.4. The number of piperazine rings is 1. The van der Waals surface area contributed by atoms with Crippen LogP contribution in [0.15, 0.2) is 4.52 Å². The van der Waals surface area contributed by atoms with Crippen molar-refractivity contribution >= 4 is 9.84 Å². The summed E-state index contributed by atoms with van der Waals surface area (Å²) in [6.07, 6.45) is 8.55. The molecule has 1 aromatic heterocycles. The van der Waals surface area contributed by atoms with Gasteiger partial charge in [-0.25, -0.2) is 8.42 Å². The molecule has 8 nitrogen and oxygen atoms in total. The van der Waals surface area contributed by atoms with Crippen LogP contribution in [0.5, 0.6) is 0 Å². The van der Waals surface area contributed by atoms with E-state index >= 15 is 0 Å². The molecule has 2 aliphatic heterocycles. The summed E-state index contributed by atoms with van der Waals surface area (Å²) in [6, 6.07) is 0. The number of aromatic nitrogens is 2. The van der Waals surface area contributed by atoms with Crippen molar-refractivity contribution in [3.8, 4) is 0 Å². The monoisotopic (exact) mass is 425 g/mol. The van der Waals surface area contributed by atoms with Crippen LogP contribution in [0, 0.1) is 5.92 Å². The number of hydrogen-bond acceptors (Lipinski definition) is 8. The van der Waals surface area contributed by atoms with Gasteiger partial charge in [0, 0.05) is 39.1 Å². The Morgan fingerprint density at radius 3 is 2.59 bits per heavy atom. The highest BCUT2D eigenvalue weighted by atomic mass is 32.2. The van der Waals surface area contributed by atoms with Gasteiger partial charge < -0.3 is 14.7 Å². The van der Waals surface area contributed by atoms with Gasteiger partial charge in [-0.1, -0.05) is 24.4 Å². The third-order valence-electron chi connectivity index (χ3n) is 6.76. The van der Waals surface area contributed by atoms with Crippen molar-refractivity contribution in [3.63, 3.8) is 0 Å². The Morgan fingerprint density at radius 1 is 1.07 bits per heavy atom. The maximum Gasteiger partial charge on any atom is 0.228 e. The molecule has 3 heterocycles. The van der Waals surface area contributed by atoms with Gasteiger partial charge in [0.05, 0.1) is 5.75 Å². The lowest BCUT2D eigenvalue weighted by molar-refractivity contribution is 0.234. The molecule has 2 N–H and O–H groups in total. The zero-order valence-corrected chi connectivity index (χ0v) is 18.2. The van der Waals surface area contributed by atoms with E-state index in [4.69, 9.17) is 4.52 Å². The van der Waals surface area contributed by atoms with Crippen LogP contribution in [0.2, 0.25) is 0 Å². The van der Waals surface area contributed by atoms with E-state index in [-0.39, 0.29) is 11.7 Å². The van der Waals surface area contributed by atoms with Gasteiger partial charge in [0.25, 0.3) is 0 Å². The van der Waals surface area contributed by atoms with Crippen LogP contribution in [0.3, 0.4) is 0 Å². The highest BCUT2D eigenvalue weighted by Crippen LogP contribution is 2.37. The topological polar surface area (TPSA) is 100 Å². The summed E-state index contributed by atoms with van der Waals surface area (Å²) in [4.78, 5) is 5.78. The van der Waals surface area contributed by atoms with E-state index in [0.717, 1.165) is 71.2 Å². The molecule has 0 spiro atoms. The fourth-order valence-electron chi connectivity index (χ4n) is 4.99. The predicted octanol–water partition coefficient (Wildman–Crippen LogP) is 1.44. The Hall–Kier alpha value is -1.03. The van der Waals surface area contributed by atoms with Gasteiger partial charge in [-0.05, 0) is 44.6 Å². The van der Waals surface area contributed by atoms with Gasteiger partial charge in [-0.15, -0.1) is 0 Å². The average Bonchev–Trinajstić information content (AvgIpc) is 3.23. The maximum absolute atomic E-state index is 13.6. The quantitative estimate of drug-likeness (QED) is 0.677. The SMILES string of the molecule is O=S(=O)(CC1CCCCC1)C1(c2noc(CCN3CCNCC3)n2)CCCCN1. The first-order valence-electron chi connectivity index (χ1n) is 11.3. The first kappa shape index (κ1) is 21.2. The van der Waals surface area contributed by atoms with Crippen molar-refractivity contribution in [2.45, 2.75) is 62.7 Å². The number of nitrogens with zero attached hydrogens (tertiary/aromatic N) is 3. The molecular formula is C20H35N5O3S. The zero-order chi connectivity index (χ0) is 20.2. The van der Waals surface area contributed by atoms with Crippen molar-refractivity contribution in [3.05, 3.63) is 11.7 Å². The molecule has 29 heavy (non-hydrogen) atoms. The minimum Gasteiger partial charge on any atom is -0.339 e. The lowest BCUT2D eigenvalue weighted by Crippen LogP contribution is -2.54. The number of nitrogens with one attached hydrogen (secondary N) is 2. The van der Waals surface area contributed by atoms with Gasteiger partial charge in [0.15, 0.2) is 14.7 Å². The molecule has 0 amide bonds. The molecular weight excluding hydrogens is 390 g/mol. The third-order valence-corrected chi connectivity index (χ3v) is 9.26. The van der Waals surface area contributed by atoms with Gasteiger partial charge in [0.1, 0.15) is 0 Å². The summed E-state index contributed by atoms with van der Waals surface area (Å²) in [5.74, 6) is 1.35. The highest BCUT2D eigenvalue weighted by molar-refractivity contribution is 7.92. The van der Waals surface area contributed by atoms with Crippen LogP contribution >= 0.6 is 0 Å². The van der Waals surface area contributed by atoms with Crippen molar-refractivity contribution < 1.29 is 12.9 Å². The van der Waals surface area contributed by atoms with Crippen LogP contribution in [0.25, 0.3) is 0 Å². The lowest BCUT2D eigenvalue weighted by Gasteiger charge is -2.36. The molecule has 3 fully saturated rings. The second-order valence-corrected chi connectivity index (χ2v) is 11.1. The van der Waals surface area contributed by atoms with Crippen molar-refractivity contribution in [1.82, 2.24) is 25.7 Å². The minimum absolute atomic E-state index is 0.227. The predicted molar refractivity (Wildman–Crippen MR) is 111 cm³/mol. The first-order valence-corrected chi connectivity index (χ1v) is 13.0. The molecule has 2 saturated heterocycles. The van der Waals surface area contributed by atoms with Crippen LogP contribution < -0.4 is 10.6 Å². The summed E-state index contributed by atoms with van der Waals surface area (Å²) >= 11 is 0. The number of rotatable bonds is 7. The summed E-state index contributed by atoms with van der Waals surface area (Å²) in [5, 5.41) is 10.8. The van der Waals surface area contributed by atoms with Gasteiger partial charge >= 0.3 is 0 Å². The minimum atomic E-state index is -3.43. The van der Waals surface area contributed by atoms with Gasteiger partial charge in [-0.2, -0.15) is 4.98 Å². The second kappa shape index (κ2) is 9.41. The lowest BCUT2D eigenvalue weighted by atomic mass is 9.91. The van der Waals surface area contributed by atoms with Crippen molar-refractivity contribution in [1.29, 1.82) is 0 Å². The molecule has 1 aliphatic carbocycles. The molecule has 3 aliphatic rings. The normalized spacial score (nSPS) is 27.9. The number of sulfone groups is 1. The van der Waals surface area contributed by atoms with E-state index in [9.17, 15) is 8.42 Å². The molecule has 1 aromatic rings. The fraction of sp³-hybridized carbons (Fsp3) is 0.900. The number of piperidine rings is 1. The van der Waals surface area contributed by atoms with Gasteiger partial charge in [0.2, 0.25) is 11.7 Å². The van der Waals surface area contributed by atoms with Crippen LogP contribution in [-0.4, -0.2) is 68.5 Å². The molecule has 1 saturated carbocycles. The molecule has 4 rings (SSSR count). The Labute approximate surface area is 174 Å². The maximum atomic E-state index is 13.6. The fourth-order valence-corrected chi connectivity index (χ4v) is 7.37. The summed E-state index contributed by atoms with van der Waals surface area (Å²) in [6.45, 7) is 5.57.